The van der Waals surface area contributed by atoms with Crippen molar-refractivity contribution in [1.82, 2.24) is 0 Å². The van der Waals surface area contributed by atoms with Gasteiger partial charge in [0.2, 0.25) is 0 Å². The van der Waals surface area contributed by atoms with E-state index in [1.165, 1.54) is 0 Å². The van der Waals surface area contributed by atoms with Crippen molar-refractivity contribution in [2.45, 2.75) is 78.7 Å². The lowest BCUT2D eigenvalue weighted by molar-refractivity contribution is -0.149. The number of rotatable bonds is 11. The molecule has 2 unspecified atom stereocenters. The van der Waals surface area contributed by atoms with Crippen molar-refractivity contribution in [2.24, 2.45) is 5.92 Å². The van der Waals surface area contributed by atoms with E-state index in [0.717, 1.165) is 24.8 Å². The molecule has 0 aromatic carbocycles. The molecule has 0 spiro atoms. The van der Waals surface area contributed by atoms with Crippen molar-refractivity contribution in [3.8, 4) is 11.8 Å². The number of hydrogen-bond acceptors (Lipinski definition) is 4. The molecule has 0 aliphatic heterocycles. The monoisotopic (exact) mass is 336 g/mol. The molecule has 0 bridgehead atoms. The summed E-state index contributed by atoms with van der Waals surface area (Å²) in [7, 11) is 0. The van der Waals surface area contributed by atoms with Crippen LogP contribution in [0.5, 0.6) is 0 Å². The van der Waals surface area contributed by atoms with Crippen molar-refractivity contribution in [1.29, 1.82) is 0 Å². The molecule has 0 amide bonds. The van der Waals surface area contributed by atoms with E-state index in [9.17, 15) is 9.59 Å². The highest BCUT2D eigenvalue weighted by atomic mass is 16.5. The van der Waals surface area contributed by atoms with E-state index in [4.69, 9.17) is 9.47 Å². The highest BCUT2D eigenvalue weighted by molar-refractivity contribution is 5.71. The van der Waals surface area contributed by atoms with Crippen LogP contribution >= 0.6 is 0 Å². The van der Waals surface area contributed by atoms with E-state index in [0.29, 0.717) is 32.3 Å². The van der Waals surface area contributed by atoms with E-state index in [1.807, 2.05) is 20.8 Å². The normalized spacial score (nSPS) is 12.5. The van der Waals surface area contributed by atoms with Crippen LogP contribution in [-0.4, -0.2) is 24.6 Å². The largest absolute Gasteiger partial charge is 0.466 e. The summed E-state index contributed by atoms with van der Waals surface area (Å²) in [6, 6.07) is 0. The summed E-state index contributed by atoms with van der Waals surface area (Å²) in [6.07, 6.45) is 4.27. The van der Waals surface area contributed by atoms with Gasteiger partial charge in [-0.05, 0) is 38.2 Å². The van der Waals surface area contributed by atoms with Crippen LogP contribution in [0.15, 0.2) is 12.2 Å². The smallest absolute Gasteiger partial charge is 0.307 e. The summed E-state index contributed by atoms with van der Waals surface area (Å²) in [5.41, 5.74) is 0.755. The fraction of sp³-hybridized carbons (Fsp3) is 0.700. The molecule has 4 heteroatoms. The zero-order chi connectivity index (χ0) is 18.4. The molecular formula is C20H32O4. The molecule has 0 saturated heterocycles. The van der Waals surface area contributed by atoms with Crippen molar-refractivity contribution in [3.05, 3.63) is 12.2 Å². The second-order valence-electron chi connectivity index (χ2n) is 6.15. The van der Waals surface area contributed by atoms with Crippen molar-refractivity contribution in [2.75, 3.05) is 6.61 Å². The first-order chi connectivity index (χ1) is 11.4. The Morgan fingerprint density at radius 3 is 2.25 bits per heavy atom. The number of carbonyl (C=O) groups is 2. The molecule has 136 valence electrons. The van der Waals surface area contributed by atoms with Gasteiger partial charge in [0.15, 0.2) is 6.10 Å². The van der Waals surface area contributed by atoms with Crippen LogP contribution in [0.3, 0.4) is 0 Å². The number of unbranched alkanes of at least 4 members (excludes halogenated alkanes) is 1. The van der Waals surface area contributed by atoms with E-state index < -0.39 is 6.10 Å². The Hall–Kier alpha value is -1.76. The lowest BCUT2D eigenvalue weighted by atomic mass is 9.99. The summed E-state index contributed by atoms with van der Waals surface area (Å²) in [5.74, 6) is 5.63. The standard InChI is InChI=1S/C20H32O4/c1-6-10-17(5)18(14-13-16(3)4)24-20(22)12-9-8-11-19(21)23-15-7-2/h17-18H,3,6-12,15H2,1-2,4-5H3. The quantitative estimate of drug-likeness (QED) is 0.318. The van der Waals surface area contributed by atoms with Crippen LogP contribution in [-0.2, 0) is 19.1 Å². The molecule has 2 atom stereocenters. The molecule has 0 N–H and O–H groups in total. The first kappa shape index (κ1) is 22.2. The van der Waals surface area contributed by atoms with Crippen LogP contribution in [0.4, 0.5) is 0 Å². The van der Waals surface area contributed by atoms with Gasteiger partial charge < -0.3 is 9.47 Å². The number of esters is 2. The minimum absolute atomic E-state index is 0.190. The van der Waals surface area contributed by atoms with Crippen molar-refractivity contribution >= 4 is 11.9 Å². The van der Waals surface area contributed by atoms with E-state index in [1.54, 1.807) is 0 Å². The van der Waals surface area contributed by atoms with Crippen LogP contribution in [0.2, 0.25) is 0 Å². The average molecular weight is 336 g/mol. The van der Waals surface area contributed by atoms with Gasteiger partial charge in [0, 0.05) is 18.8 Å². The minimum Gasteiger partial charge on any atom is -0.466 e. The molecule has 0 aromatic rings. The molecule has 0 fully saturated rings. The maximum atomic E-state index is 12.0. The summed E-state index contributed by atoms with van der Waals surface area (Å²) in [5, 5.41) is 0. The number of allylic oxidation sites excluding steroid dienone is 1. The predicted molar refractivity (Wildman–Crippen MR) is 96.3 cm³/mol. The van der Waals surface area contributed by atoms with Gasteiger partial charge >= 0.3 is 11.9 Å². The number of carbonyl (C=O) groups excluding carboxylic acids is 2. The molecule has 0 aromatic heterocycles. The zero-order valence-electron chi connectivity index (χ0n) is 15.7. The van der Waals surface area contributed by atoms with Gasteiger partial charge in [-0.1, -0.05) is 45.6 Å². The van der Waals surface area contributed by atoms with E-state index in [-0.39, 0.29) is 17.9 Å². The lowest BCUT2D eigenvalue weighted by Gasteiger charge is -2.19. The molecule has 0 aliphatic rings. The average Bonchev–Trinajstić information content (AvgIpc) is 2.53. The Bertz CT molecular complexity index is 456. The van der Waals surface area contributed by atoms with Crippen LogP contribution in [0.1, 0.15) is 72.6 Å². The summed E-state index contributed by atoms with van der Waals surface area (Å²) in [4.78, 5) is 23.4. The molecule has 4 nitrogen and oxygen atoms in total. The molecule has 0 saturated carbocycles. The fourth-order valence-electron chi connectivity index (χ4n) is 2.12. The van der Waals surface area contributed by atoms with Crippen molar-refractivity contribution in [3.63, 3.8) is 0 Å². The first-order valence-electron chi connectivity index (χ1n) is 8.92. The highest BCUT2D eigenvalue weighted by Gasteiger charge is 2.19. The van der Waals surface area contributed by atoms with Gasteiger partial charge in [-0.3, -0.25) is 9.59 Å². The van der Waals surface area contributed by atoms with Crippen LogP contribution < -0.4 is 0 Å². The van der Waals surface area contributed by atoms with Crippen molar-refractivity contribution < 1.29 is 19.1 Å². The third-order valence-corrected chi connectivity index (χ3v) is 3.43. The third kappa shape index (κ3) is 11.8. The Labute approximate surface area is 147 Å². The number of hydrogen-bond donors (Lipinski definition) is 0. The van der Waals surface area contributed by atoms with Gasteiger partial charge in [0.05, 0.1) is 6.61 Å². The van der Waals surface area contributed by atoms with Gasteiger partial charge in [-0.2, -0.15) is 0 Å². The van der Waals surface area contributed by atoms with E-state index >= 15 is 0 Å². The summed E-state index contributed by atoms with van der Waals surface area (Å²) < 4.78 is 10.5. The summed E-state index contributed by atoms with van der Waals surface area (Å²) >= 11 is 0. The molecule has 0 heterocycles. The van der Waals surface area contributed by atoms with Gasteiger partial charge in [0.25, 0.3) is 0 Å². The zero-order valence-corrected chi connectivity index (χ0v) is 15.7. The minimum atomic E-state index is -0.399. The second-order valence-corrected chi connectivity index (χ2v) is 6.15. The Morgan fingerprint density at radius 1 is 1.08 bits per heavy atom. The predicted octanol–water partition coefficient (Wildman–Crippen LogP) is 4.43. The molecule has 0 aliphatic carbocycles. The first-order valence-corrected chi connectivity index (χ1v) is 8.92. The molecule has 0 radical (unpaired) electrons. The fourth-order valence-corrected chi connectivity index (χ4v) is 2.12. The summed E-state index contributed by atoms with van der Waals surface area (Å²) in [6.45, 7) is 12.1. The van der Waals surface area contributed by atoms with Crippen LogP contribution in [0.25, 0.3) is 0 Å². The topological polar surface area (TPSA) is 52.6 Å². The lowest BCUT2D eigenvalue weighted by Crippen LogP contribution is -2.24. The highest BCUT2D eigenvalue weighted by Crippen LogP contribution is 2.15. The van der Waals surface area contributed by atoms with Gasteiger partial charge in [-0.15, -0.1) is 0 Å². The van der Waals surface area contributed by atoms with Crippen LogP contribution in [0, 0.1) is 17.8 Å². The number of ether oxygens (including phenoxy) is 2. The van der Waals surface area contributed by atoms with Gasteiger partial charge in [0.1, 0.15) is 0 Å². The maximum Gasteiger partial charge on any atom is 0.307 e. The Morgan fingerprint density at radius 2 is 1.71 bits per heavy atom. The molecule has 0 rings (SSSR count). The van der Waals surface area contributed by atoms with Gasteiger partial charge in [-0.25, -0.2) is 0 Å². The van der Waals surface area contributed by atoms with E-state index in [2.05, 4.69) is 25.3 Å². The third-order valence-electron chi connectivity index (χ3n) is 3.43. The second kappa shape index (κ2) is 13.7. The Kier molecular flexibility index (Phi) is 12.7. The maximum absolute atomic E-state index is 12.0. The molecule has 24 heavy (non-hydrogen) atoms. The SMILES string of the molecule is C=C(C)C#CC(OC(=O)CCCCC(=O)OCCC)C(C)CCC. The molecular weight excluding hydrogens is 304 g/mol. The Balaban J connectivity index is 4.25.